The molecular formula is C24H23Cl2N7O. The van der Waals surface area contributed by atoms with Gasteiger partial charge in [-0.25, -0.2) is 4.98 Å². The minimum Gasteiger partial charge on any atom is -0.368 e. The molecule has 10 heteroatoms. The molecule has 174 valence electrons. The molecular weight excluding hydrogens is 473 g/mol. The first-order chi connectivity index (χ1) is 16.4. The summed E-state index contributed by atoms with van der Waals surface area (Å²) in [7, 11) is 1.77. The van der Waals surface area contributed by atoms with Crippen molar-refractivity contribution in [1.82, 2.24) is 25.1 Å². The molecule has 0 bridgehead atoms. The van der Waals surface area contributed by atoms with Gasteiger partial charge in [-0.15, -0.1) is 5.10 Å². The van der Waals surface area contributed by atoms with Crippen LogP contribution in [0.4, 0.5) is 5.82 Å². The van der Waals surface area contributed by atoms with Gasteiger partial charge in [-0.2, -0.15) is 5.10 Å². The standard InChI is InChI=1S/C24H23Cl2N7O/c1-28-24(23(27)34)10-12-32(13-11-24)22-20-19(14-29-31-22)33(16-8-6-15(25)7-9-16)21(30-20)17-4-2-3-5-18(17)26/h2-9,14,28H,10-13H2,1H3,(H2,27,34). The zero-order valence-electron chi connectivity index (χ0n) is 18.5. The van der Waals surface area contributed by atoms with E-state index in [4.69, 9.17) is 33.9 Å². The number of imidazole rings is 1. The number of rotatable bonds is 5. The maximum Gasteiger partial charge on any atom is 0.237 e. The van der Waals surface area contributed by atoms with Crippen LogP contribution < -0.4 is 16.0 Å². The molecule has 2 aromatic carbocycles. The van der Waals surface area contributed by atoms with E-state index in [0.29, 0.717) is 53.1 Å². The number of primary amides is 1. The highest BCUT2D eigenvalue weighted by molar-refractivity contribution is 6.33. The van der Waals surface area contributed by atoms with Crippen LogP contribution >= 0.6 is 23.2 Å². The van der Waals surface area contributed by atoms with Gasteiger partial charge in [-0.05, 0) is 56.3 Å². The maximum atomic E-state index is 12.1. The third-order valence-electron chi connectivity index (χ3n) is 6.52. The molecule has 4 aromatic rings. The number of hydrogen-bond acceptors (Lipinski definition) is 6. The Morgan fingerprint density at radius 2 is 1.79 bits per heavy atom. The molecule has 1 saturated heterocycles. The third kappa shape index (κ3) is 3.77. The van der Waals surface area contributed by atoms with E-state index in [1.165, 1.54) is 0 Å². The van der Waals surface area contributed by atoms with Crippen LogP contribution in [0.2, 0.25) is 10.0 Å². The number of nitrogens with two attached hydrogens (primary N) is 1. The third-order valence-corrected chi connectivity index (χ3v) is 7.11. The Bertz CT molecular complexity index is 1360. The predicted octanol–water partition coefficient (Wildman–Crippen LogP) is 3.83. The number of nitrogens with zero attached hydrogens (tertiary/aromatic N) is 5. The van der Waals surface area contributed by atoms with Gasteiger partial charge in [0.05, 0.1) is 16.7 Å². The average molecular weight is 496 g/mol. The number of piperidine rings is 1. The van der Waals surface area contributed by atoms with E-state index in [1.54, 1.807) is 13.2 Å². The molecule has 1 aliphatic rings. The molecule has 0 saturated carbocycles. The maximum absolute atomic E-state index is 12.1. The van der Waals surface area contributed by atoms with Gasteiger partial charge in [-0.1, -0.05) is 35.3 Å². The molecule has 1 amide bonds. The molecule has 8 nitrogen and oxygen atoms in total. The monoisotopic (exact) mass is 495 g/mol. The molecule has 1 fully saturated rings. The number of fused-ring (bicyclic) bond motifs is 1. The number of carbonyl (C=O) groups is 1. The number of nitrogens with one attached hydrogen (secondary N) is 1. The molecule has 1 aliphatic heterocycles. The minimum atomic E-state index is -0.719. The highest BCUT2D eigenvalue weighted by atomic mass is 35.5. The van der Waals surface area contributed by atoms with Crippen LogP contribution in [0.15, 0.2) is 54.7 Å². The topological polar surface area (TPSA) is 102 Å². The molecule has 0 atom stereocenters. The van der Waals surface area contributed by atoms with Crippen molar-refractivity contribution in [2.45, 2.75) is 18.4 Å². The Morgan fingerprint density at radius 1 is 1.09 bits per heavy atom. The number of aromatic nitrogens is 4. The van der Waals surface area contributed by atoms with E-state index in [0.717, 1.165) is 16.8 Å². The Balaban J connectivity index is 1.66. The minimum absolute atomic E-state index is 0.341. The van der Waals surface area contributed by atoms with Crippen LogP contribution in [0.25, 0.3) is 28.1 Å². The fourth-order valence-corrected chi connectivity index (χ4v) is 4.86. The van der Waals surface area contributed by atoms with E-state index in [1.807, 2.05) is 53.1 Å². The predicted molar refractivity (Wildman–Crippen MR) is 135 cm³/mol. The van der Waals surface area contributed by atoms with Crippen molar-refractivity contribution in [2.24, 2.45) is 5.73 Å². The van der Waals surface area contributed by atoms with Gasteiger partial charge in [0, 0.05) is 29.4 Å². The van der Waals surface area contributed by atoms with Crippen molar-refractivity contribution in [2.75, 3.05) is 25.0 Å². The number of anilines is 1. The van der Waals surface area contributed by atoms with Crippen molar-refractivity contribution < 1.29 is 4.79 Å². The van der Waals surface area contributed by atoms with E-state index < -0.39 is 5.54 Å². The van der Waals surface area contributed by atoms with E-state index in [2.05, 4.69) is 20.4 Å². The molecule has 0 spiro atoms. The smallest absolute Gasteiger partial charge is 0.237 e. The van der Waals surface area contributed by atoms with Crippen molar-refractivity contribution in [1.29, 1.82) is 0 Å². The summed E-state index contributed by atoms with van der Waals surface area (Å²) < 4.78 is 2.01. The van der Waals surface area contributed by atoms with Crippen LogP contribution in [-0.4, -0.2) is 51.3 Å². The quantitative estimate of drug-likeness (QED) is 0.436. The number of benzene rings is 2. The summed E-state index contributed by atoms with van der Waals surface area (Å²) >= 11 is 12.7. The lowest BCUT2D eigenvalue weighted by Crippen LogP contribution is -2.59. The van der Waals surface area contributed by atoms with E-state index in [9.17, 15) is 4.79 Å². The summed E-state index contributed by atoms with van der Waals surface area (Å²) in [4.78, 5) is 19.2. The van der Waals surface area contributed by atoms with Crippen molar-refractivity contribution in [3.05, 3.63) is 64.8 Å². The second-order valence-electron chi connectivity index (χ2n) is 8.31. The normalized spacial score (nSPS) is 15.6. The van der Waals surface area contributed by atoms with Crippen molar-refractivity contribution in [3.8, 4) is 17.1 Å². The number of amides is 1. The van der Waals surface area contributed by atoms with Crippen molar-refractivity contribution in [3.63, 3.8) is 0 Å². The van der Waals surface area contributed by atoms with Crippen LogP contribution in [0.3, 0.4) is 0 Å². The SMILES string of the molecule is CNC1(C(N)=O)CCN(c2nncc3c2nc(-c2ccccc2Cl)n3-c2ccc(Cl)cc2)CC1. The molecule has 0 aliphatic carbocycles. The fourth-order valence-electron chi connectivity index (χ4n) is 4.51. The van der Waals surface area contributed by atoms with Gasteiger partial charge in [0.15, 0.2) is 5.82 Å². The number of halogens is 2. The summed E-state index contributed by atoms with van der Waals surface area (Å²) in [6.45, 7) is 1.18. The number of likely N-dealkylation sites (N-methyl/N-ethyl adjacent to an activating group) is 1. The molecule has 5 rings (SSSR count). The summed E-state index contributed by atoms with van der Waals surface area (Å²) in [6.07, 6.45) is 2.82. The molecule has 3 heterocycles. The van der Waals surface area contributed by atoms with Crippen LogP contribution in [0, 0.1) is 0 Å². The largest absolute Gasteiger partial charge is 0.368 e. The molecule has 0 unspecified atom stereocenters. The highest BCUT2D eigenvalue weighted by Crippen LogP contribution is 2.36. The Labute approximate surface area is 206 Å². The van der Waals surface area contributed by atoms with Gasteiger partial charge in [0.25, 0.3) is 0 Å². The average Bonchev–Trinajstić information content (AvgIpc) is 3.24. The lowest BCUT2D eigenvalue weighted by atomic mass is 9.87. The van der Waals surface area contributed by atoms with E-state index in [-0.39, 0.29) is 5.91 Å². The lowest BCUT2D eigenvalue weighted by molar-refractivity contribution is -0.125. The summed E-state index contributed by atoms with van der Waals surface area (Å²) in [5.74, 6) is 0.998. The van der Waals surface area contributed by atoms with Gasteiger partial charge in [0.1, 0.15) is 16.9 Å². The van der Waals surface area contributed by atoms with E-state index >= 15 is 0 Å². The molecule has 2 aromatic heterocycles. The zero-order chi connectivity index (χ0) is 23.9. The zero-order valence-corrected chi connectivity index (χ0v) is 20.0. The molecule has 3 N–H and O–H groups in total. The van der Waals surface area contributed by atoms with Crippen molar-refractivity contribution >= 4 is 46.0 Å². The second kappa shape index (κ2) is 8.87. The van der Waals surface area contributed by atoms with Crippen LogP contribution in [0.5, 0.6) is 0 Å². The van der Waals surface area contributed by atoms with Gasteiger partial charge in [-0.3, -0.25) is 9.36 Å². The molecule has 0 radical (unpaired) electrons. The Hall–Kier alpha value is -3.20. The molecule has 34 heavy (non-hydrogen) atoms. The number of carbonyl (C=O) groups excluding carboxylic acids is 1. The number of hydrogen-bond donors (Lipinski definition) is 2. The Morgan fingerprint density at radius 3 is 2.44 bits per heavy atom. The first kappa shape index (κ1) is 22.6. The Kier molecular flexibility index (Phi) is 5.89. The summed E-state index contributed by atoms with van der Waals surface area (Å²) in [5.41, 5.74) is 8.13. The second-order valence-corrected chi connectivity index (χ2v) is 9.16. The highest BCUT2D eigenvalue weighted by Gasteiger charge is 2.39. The fraction of sp³-hybridized carbons (Fsp3) is 0.250. The summed E-state index contributed by atoms with van der Waals surface area (Å²) in [5, 5.41) is 13.1. The first-order valence-electron chi connectivity index (χ1n) is 10.9. The van der Waals surface area contributed by atoms with Gasteiger partial charge in [0.2, 0.25) is 5.91 Å². The van der Waals surface area contributed by atoms with Crippen LogP contribution in [-0.2, 0) is 4.79 Å². The lowest BCUT2D eigenvalue weighted by Gasteiger charge is -2.39. The van der Waals surface area contributed by atoms with Crippen LogP contribution in [0.1, 0.15) is 12.8 Å². The first-order valence-corrected chi connectivity index (χ1v) is 11.7. The van der Waals surface area contributed by atoms with Gasteiger partial charge >= 0.3 is 0 Å². The van der Waals surface area contributed by atoms with Gasteiger partial charge < -0.3 is 16.0 Å². The summed E-state index contributed by atoms with van der Waals surface area (Å²) in [6, 6.07) is 15.1.